The summed E-state index contributed by atoms with van der Waals surface area (Å²) in [6, 6.07) is 0. The minimum absolute atomic E-state index is 0.225. The van der Waals surface area contributed by atoms with E-state index in [1.54, 1.807) is 5.48 Å². The summed E-state index contributed by atoms with van der Waals surface area (Å²) < 4.78 is 5.33. The summed E-state index contributed by atoms with van der Waals surface area (Å²) in [5, 5.41) is 8.29. The van der Waals surface area contributed by atoms with Crippen LogP contribution in [0.5, 0.6) is 0 Å². The number of hydrogen-bond donors (Lipinski definition) is 2. The van der Waals surface area contributed by atoms with Crippen molar-refractivity contribution in [1.29, 1.82) is 0 Å². The van der Waals surface area contributed by atoms with Gasteiger partial charge in [-0.1, -0.05) is 0 Å². The van der Waals surface area contributed by atoms with E-state index >= 15 is 0 Å². The molecule has 11 heavy (non-hydrogen) atoms. The second-order valence-corrected chi connectivity index (χ2v) is 3.38. The zero-order chi connectivity index (χ0) is 8.48. The SMILES string of the molecule is CC1(C)CCC(C(=O)NO)O1. The van der Waals surface area contributed by atoms with E-state index in [1.807, 2.05) is 13.8 Å². The fourth-order valence-corrected chi connectivity index (χ4v) is 1.24. The van der Waals surface area contributed by atoms with Crippen molar-refractivity contribution in [2.75, 3.05) is 0 Å². The van der Waals surface area contributed by atoms with Gasteiger partial charge in [-0.2, -0.15) is 0 Å². The van der Waals surface area contributed by atoms with Crippen LogP contribution in [0.1, 0.15) is 26.7 Å². The van der Waals surface area contributed by atoms with E-state index in [1.165, 1.54) is 0 Å². The molecule has 64 valence electrons. The molecule has 0 aromatic heterocycles. The van der Waals surface area contributed by atoms with Crippen LogP contribution >= 0.6 is 0 Å². The number of carbonyl (C=O) groups excluding carboxylic acids is 1. The molecule has 1 aliphatic rings. The first-order valence-electron chi connectivity index (χ1n) is 3.67. The number of nitrogens with one attached hydrogen (secondary N) is 1. The summed E-state index contributed by atoms with van der Waals surface area (Å²) in [6.07, 6.45) is 1.06. The second-order valence-electron chi connectivity index (χ2n) is 3.38. The lowest BCUT2D eigenvalue weighted by Crippen LogP contribution is -2.33. The number of hydrogen-bond acceptors (Lipinski definition) is 3. The highest BCUT2D eigenvalue weighted by Crippen LogP contribution is 2.29. The van der Waals surface area contributed by atoms with Crippen LogP contribution in [0.4, 0.5) is 0 Å². The lowest BCUT2D eigenvalue weighted by Gasteiger charge is -2.17. The first-order chi connectivity index (χ1) is 5.05. The van der Waals surface area contributed by atoms with Gasteiger partial charge in [0, 0.05) is 0 Å². The summed E-state index contributed by atoms with van der Waals surface area (Å²) in [5.41, 5.74) is 1.36. The maximum absolute atomic E-state index is 10.8. The highest BCUT2D eigenvalue weighted by Gasteiger charge is 2.35. The van der Waals surface area contributed by atoms with Crippen molar-refractivity contribution < 1.29 is 14.7 Å². The molecule has 2 N–H and O–H groups in total. The molecule has 0 aliphatic carbocycles. The molecule has 4 nitrogen and oxygen atoms in total. The van der Waals surface area contributed by atoms with Gasteiger partial charge in [0.25, 0.3) is 5.91 Å². The van der Waals surface area contributed by atoms with E-state index in [4.69, 9.17) is 9.94 Å². The Kier molecular flexibility index (Phi) is 2.15. The van der Waals surface area contributed by atoms with Crippen LogP contribution in [0.15, 0.2) is 0 Å². The third-order valence-electron chi connectivity index (χ3n) is 1.87. The average Bonchev–Trinajstić information content (AvgIpc) is 2.29. The number of hydroxylamine groups is 1. The molecule has 1 aliphatic heterocycles. The lowest BCUT2D eigenvalue weighted by atomic mass is 10.1. The van der Waals surface area contributed by atoms with Crippen LogP contribution in [-0.2, 0) is 9.53 Å². The van der Waals surface area contributed by atoms with Gasteiger partial charge in [0.1, 0.15) is 6.10 Å². The van der Waals surface area contributed by atoms with E-state index in [-0.39, 0.29) is 5.60 Å². The molecule has 1 atom stereocenters. The molecular weight excluding hydrogens is 146 g/mol. The van der Waals surface area contributed by atoms with Gasteiger partial charge in [0.05, 0.1) is 5.60 Å². The Bertz CT molecular complexity index is 167. The van der Waals surface area contributed by atoms with Crippen LogP contribution in [0, 0.1) is 0 Å². The highest BCUT2D eigenvalue weighted by atomic mass is 16.5. The minimum atomic E-state index is -0.477. The Labute approximate surface area is 65.5 Å². The standard InChI is InChI=1S/C7H13NO3/c1-7(2)4-3-5(11-7)6(9)8-10/h5,10H,3-4H2,1-2H3,(H,8,9). The van der Waals surface area contributed by atoms with Crippen molar-refractivity contribution in [3.05, 3.63) is 0 Å². The second kappa shape index (κ2) is 2.79. The predicted octanol–water partition coefficient (Wildman–Crippen LogP) is 0.449. The number of amides is 1. The zero-order valence-electron chi connectivity index (χ0n) is 6.76. The maximum atomic E-state index is 10.8. The van der Waals surface area contributed by atoms with Crippen molar-refractivity contribution >= 4 is 5.91 Å². The molecule has 1 rings (SSSR count). The fraction of sp³-hybridized carbons (Fsp3) is 0.857. The molecule has 0 saturated carbocycles. The van der Waals surface area contributed by atoms with Crippen LogP contribution in [0.3, 0.4) is 0 Å². The predicted molar refractivity (Wildman–Crippen MR) is 38.1 cm³/mol. The number of ether oxygens (including phenoxy) is 1. The molecule has 1 unspecified atom stereocenters. The highest BCUT2D eigenvalue weighted by molar-refractivity contribution is 5.79. The van der Waals surface area contributed by atoms with E-state index in [2.05, 4.69) is 0 Å². The first kappa shape index (κ1) is 8.49. The number of carbonyl (C=O) groups is 1. The summed E-state index contributed by atoms with van der Waals surface area (Å²) >= 11 is 0. The molecule has 0 bridgehead atoms. The van der Waals surface area contributed by atoms with Crippen LogP contribution in [-0.4, -0.2) is 22.8 Å². The molecule has 1 amide bonds. The van der Waals surface area contributed by atoms with Gasteiger partial charge in [-0.25, -0.2) is 5.48 Å². The Morgan fingerprint density at radius 3 is 2.73 bits per heavy atom. The molecule has 0 aromatic rings. The Morgan fingerprint density at radius 1 is 1.73 bits per heavy atom. The van der Waals surface area contributed by atoms with Gasteiger partial charge in [0.15, 0.2) is 0 Å². The Morgan fingerprint density at radius 2 is 2.36 bits per heavy atom. The van der Waals surface area contributed by atoms with E-state index in [0.717, 1.165) is 6.42 Å². The third-order valence-corrected chi connectivity index (χ3v) is 1.87. The van der Waals surface area contributed by atoms with Gasteiger partial charge in [-0.05, 0) is 26.7 Å². The molecule has 1 fully saturated rings. The molecule has 0 aromatic carbocycles. The first-order valence-corrected chi connectivity index (χ1v) is 3.67. The van der Waals surface area contributed by atoms with Crippen molar-refractivity contribution in [2.24, 2.45) is 0 Å². The third kappa shape index (κ3) is 1.91. The molecule has 0 spiro atoms. The smallest absolute Gasteiger partial charge is 0.272 e. The maximum Gasteiger partial charge on any atom is 0.272 e. The van der Waals surface area contributed by atoms with Crippen LogP contribution in [0.25, 0.3) is 0 Å². The van der Waals surface area contributed by atoms with E-state index in [9.17, 15) is 4.79 Å². The molecule has 1 heterocycles. The van der Waals surface area contributed by atoms with Gasteiger partial charge >= 0.3 is 0 Å². The monoisotopic (exact) mass is 159 g/mol. The summed E-state index contributed by atoms with van der Waals surface area (Å²) in [4.78, 5) is 10.8. The summed E-state index contributed by atoms with van der Waals surface area (Å²) in [7, 11) is 0. The van der Waals surface area contributed by atoms with Crippen molar-refractivity contribution in [3.63, 3.8) is 0 Å². The minimum Gasteiger partial charge on any atom is -0.362 e. The van der Waals surface area contributed by atoms with Crippen LogP contribution in [0.2, 0.25) is 0 Å². The molecular formula is C7H13NO3. The van der Waals surface area contributed by atoms with E-state index in [0.29, 0.717) is 6.42 Å². The number of rotatable bonds is 1. The van der Waals surface area contributed by atoms with E-state index < -0.39 is 12.0 Å². The summed E-state index contributed by atoms with van der Waals surface area (Å²) in [5.74, 6) is -0.449. The molecule has 0 radical (unpaired) electrons. The van der Waals surface area contributed by atoms with Gasteiger partial charge in [-0.3, -0.25) is 10.0 Å². The molecule has 4 heteroatoms. The average molecular weight is 159 g/mol. The quantitative estimate of drug-likeness (QED) is 0.431. The van der Waals surface area contributed by atoms with Gasteiger partial charge < -0.3 is 4.74 Å². The zero-order valence-corrected chi connectivity index (χ0v) is 6.76. The van der Waals surface area contributed by atoms with Crippen molar-refractivity contribution in [2.45, 2.75) is 38.4 Å². The van der Waals surface area contributed by atoms with Gasteiger partial charge in [0.2, 0.25) is 0 Å². The lowest BCUT2D eigenvalue weighted by molar-refractivity contribution is -0.143. The largest absolute Gasteiger partial charge is 0.362 e. The molecule has 1 saturated heterocycles. The van der Waals surface area contributed by atoms with Crippen LogP contribution < -0.4 is 5.48 Å². The Balaban J connectivity index is 2.48. The fourth-order valence-electron chi connectivity index (χ4n) is 1.24. The normalized spacial score (nSPS) is 28.5. The Hall–Kier alpha value is -0.610. The van der Waals surface area contributed by atoms with Crippen molar-refractivity contribution in [3.8, 4) is 0 Å². The summed E-state index contributed by atoms with van der Waals surface area (Å²) in [6.45, 7) is 3.86. The topological polar surface area (TPSA) is 58.6 Å². The van der Waals surface area contributed by atoms with Crippen molar-refractivity contribution in [1.82, 2.24) is 5.48 Å². The van der Waals surface area contributed by atoms with Gasteiger partial charge in [-0.15, -0.1) is 0 Å².